The zero-order chi connectivity index (χ0) is 15.0. The second kappa shape index (κ2) is 8.89. The van der Waals surface area contributed by atoms with Crippen molar-refractivity contribution in [2.45, 2.75) is 78.6 Å². The van der Waals surface area contributed by atoms with Crippen molar-refractivity contribution in [1.29, 1.82) is 0 Å². The Bertz CT molecular complexity index is 410. The van der Waals surface area contributed by atoms with E-state index in [9.17, 15) is 10.2 Å². The normalized spacial score (nSPS) is 10.9. The molecule has 114 valence electrons. The smallest absolute Gasteiger partial charge is 0.160 e. The number of phenols is 2. The predicted octanol–water partition coefficient (Wildman–Crippen LogP) is 5.13. The van der Waals surface area contributed by atoms with Gasteiger partial charge in [0.25, 0.3) is 0 Å². The molecular weight excluding hydrogens is 248 g/mol. The molecule has 0 saturated heterocycles. The Hall–Kier alpha value is -1.18. The van der Waals surface area contributed by atoms with E-state index in [2.05, 4.69) is 20.8 Å². The number of aryl methyl sites for hydroxylation is 1. The summed E-state index contributed by atoms with van der Waals surface area (Å²) in [6.07, 6.45) is 9.74. The zero-order valence-corrected chi connectivity index (χ0v) is 13.3. The van der Waals surface area contributed by atoms with Crippen LogP contribution in [0.1, 0.15) is 76.0 Å². The minimum Gasteiger partial charge on any atom is -0.504 e. The van der Waals surface area contributed by atoms with E-state index >= 15 is 0 Å². The second-order valence-corrected chi connectivity index (χ2v) is 5.67. The Morgan fingerprint density at radius 3 is 2.05 bits per heavy atom. The maximum absolute atomic E-state index is 10.2. The lowest BCUT2D eigenvalue weighted by Gasteiger charge is -2.17. The topological polar surface area (TPSA) is 40.5 Å². The van der Waals surface area contributed by atoms with Crippen LogP contribution in [0.15, 0.2) is 6.07 Å². The highest BCUT2D eigenvalue weighted by atomic mass is 16.3. The first-order valence-electron chi connectivity index (χ1n) is 8.21. The molecule has 1 rings (SSSR count). The number of rotatable bonds is 9. The van der Waals surface area contributed by atoms with E-state index in [-0.39, 0.29) is 11.5 Å². The van der Waals surface area contributed by atoms with E-state index < -0.39 is 0 Å². The van der Waals surface area contributed by atoms with Crippen LogP contribution >= 0.6 is 0 Å². The van der Waals surface area contributed by atoms with E-state index in [0.29, 0.717) is 0 Å². The molecule has 0 aromatic heterocycles. The van der Waals surface area contributed by atoms with Gasteiger partial charge in [-0.15, -0.1) is 0 Å². The van der Waals surface area contributed by atoms with Gasteiger partial charge in [0.2, 0.25) is 0 Å². The van der Waals surface area contributed by atoms with Crippen LogP contribution < -0.4 is 0 Å². The van der Waals surface area contributed by atoms with Crippen LogP contribution in [-0.2, 0) is 19.3 Å². The molecule has 1 aromatic rings. The summed E-state index contributed by atoms with van der Waals surface area (Å²) < 4.78 is 0. The molecule has 2 heteroatoms. The van der Waals surface area contributed by atoms with Crippen LogP contribution in [0.4, 0.5) is 0 Å². The number of phenolic OH excluding ortho intramolecular Hbond substituents is 2. The molecule has 0 unspecified atom stereocenters. The Morgan fingerprint density at radius 1 is 0.750 bits per heavy atom. The minimum atomic E-state index is 0.0544. The summed E-state index contributed by atoms with van der Waals surface area (Å²) in [7, 11) is 0. The van der Waals surface area contributed by atoms with Crippen molar-refractivity contribution < 1.29 is 10.2 Å². The van der Waals surface area contributed by atoms with Gasteiger partial charge in [0.1, 0.15) is 0 Å². The van der Waals surface area contributed by atoms with Crippen molar-refractivity contribution in [3.63, 3.8) is 0 Å². The Labute approximate surface area is 123 Å². The average Bonchev–Trinajstić information content (AvgIpc) is 2.44. The van der Waals surface area contributed by atoms with E-state index in [0.717, 1.165) is 50.5 Å². The monoisotopic (exact) mass is 278 g/mol. The SMILES string of the molecule is CCCCCc1c(CCCC)cc(O)c(O)c1CCC. The van der Waals surface area contributed by atoms with Gasteiger partial charge in [-0.05, 0) is 49.3 Å². The number of unbranched alkanes of at least 4 members (excludes halogenated alkanes) is 3. The zero-order valence-electron chi connectivity index (χ0n) is 13.3. The van der Waals surface area contributed by atoms with Gasteiger partial charge in [0.15, 0.2) is 11.5 Å². The molecule has 0 aliphatic rings. The number of aromatic hydroxyl groups is 2. The van der Waals surface area contributed by atoms with E-state index in [1.165, 1.54) is 24.0 Å². The van der Waals surface area contributed by atoms with Crippen LogP contribution in [0.3, 0.4) is 0 Å². The van der Waals surface area contributed by atoms with Gasteiger partial charge in [0, 0.05) is 5.56 Å². The first-order valence-corrected chi connectivity index (χ1v) is 8.21. The highest BCUT2D eigenvalue weighted by molar-refractivity contribution is 5.53. The Kier molecular flexibility index (Phi) is 7.50. The lowest BCUT2D eigenvalue weighted by molar-refractivity contribution is 0.397. The summed E-state index contributed by atoms with van der Waals surface area (Å²) in [5.74, 6) is 0.164. The number of benzene rings is 1. The fourth-order valence-corrected chi connectivity index (χ4v) is 2.78. The lowest BCUT2D eigenvalue weighted by Crippen LogP contribution is -2.02. The van der Waals surface area contributed by atoms with E-state index in [1.807, 2.05) is 0 Å². The number of hydrogen-bond donors (Lipinski definition) is 2. The third-order valence-electron chi connectivity index (χ3n) is 3.92. The van der Waals surface area contributed by atoms with Crippen molar-refractivity contribution in [1.82, 2.24) is 0 Å². The molecule has 2 N–H and O–H groups in total. The van der Waals surface area contributed by atoms with Gasteiger partial charge in [-0.2, -0.15) is 0 Å². The summed E-state index contributed by atoms with van der Waals surface area (Å²) in [5, 5.41) is 20.1. The molecule has 0 saturated carbocycles. The highest BCUT2D eigenvalue weighted by Gasteiger charge is 2.16. The molecule has 20 heavy (non-hydrogen) atoms. The van der Waals surface area contributed by atoms with Crippen molar-refractivity contribution >= 4 is 0 Å². The lowest BCUT2D eigenvalue weighted by atomic mass is 9.90. The second-order valence-electron chi connectivity index (χ2n) is 5.67. The first kappa shape index (κ1) is 16.9. The minimum absolute atomic E-state index is 0.0544. The Morgan fingerprint density at radius 2 is 1.45 bits per heavy atom. The van der Waals surface area contributed by atoms with E-state index in [1.54, 1.807) is 6.07 Å². The highest BCUT2D eigenvalue weighted by Crippen LogP contribution is 2.36. The first-order chi connectivity index (χ1) is 9.65. The molecule has 0 aliphatic carbocycles. The number of hydrogen-bond acceptors (Lipinski definition) is 2. The van der Waals surface area contributed by atoms with Gasteiger partial charge in [-0.25, -0.2) is 0 Å². The summed E-state index contributed by atoms with van der Waals surface area (Å²) >= 11 is 0. The molecule has 0 atom stereocenters. The summed E-state index contributed by atoms with van der Waals surface area (Å²) in [4.78, 5) is 0. The fraction of sp³-hybridized carbons (Fsp3) is 0.667. The van der Waals surface area contributed by atoms with Gasteiger partial charge in [-0.1, -0.05) is 46.5 Å². The van der Waals surface area contributed by atoms with Gasteiger partial charge in [-0.3, -0.25) is 0 Å². The largest absolute Gasteiger partial charge is 0.504 e. The third kappa shape index (κ3) is 4.43. The summed E-state index contributed by atoms with van der Waals surface area (Å²) in [6, 6.07) is 1.78. The van der Waals surface area contributed by atoms with Crippen molar-refractivity contribution in [2.24, 2.45) is 0 Å². The molecule has 0 heterocycles. The molecule has 0 radical (unpaired) electrons. The van der Waals surface area contributed by atoms with Crippen molar-refractivity contribution in [2.75, 3.05) is 0 Å². The van der Waals surface area contributed by atoms with Crippen LogP contribution in [-0.4, -0.2) is 10.2 Å². The van der Waals surface area contributed by atoms with Crippen molar-refractivity contribution in [3.05, 3.63) is 22.8 Å². The molecule has 2 nitrogen and oxygen atoms in total. The van der Waals surface area contributed by atoms with Crippen LogP contribution in [0.25, 0.3) is 0 Å². The summed E-state index contributed by atoms with van der Waals surface area (Å²) in [6.45, 7) is 6.51. The predicted molar refractivity (Wildman–Crippen MR) is 85.6 cm³/mol. The maximum atomic E-state index is 10.2. The van der Waals surface area contributed by atoms with Gasteiger partial charge in [0.05, 0.1) is 0 Å². The molecule has 0 spiro atoms. The fourth-order valence-electron chi connectivity index (χ4n) is 2.78. The molecule has 1 aromatic carbocycles. The third-order valence-corrected chi connectivity index (χ3v) is 3.92. The van der Waals surface area contributed by atoms with Crippen LogP contribution in [0.2, 0.25) is 0 Å². The molecular formula is C18H30O2. The van der Waals surface area contributed by atoms with Gasteiger partial charge < -0.3 is 10.2 Å². The van der Waals surface area contributed by atoms with E-state index in [4.69, 9.17) is 0 Å². The molecule has 0 amide bonds. The molecule has 0 aliphatic heterocycles. The Balaban J connectivity index is 3.11. The van der Waals surface area contributed by atoms with Crippen LogP contribution in [0.5, 0.6) is 11.5 Å². The quantitative estimate of drug-likeness (QED) is 0.486. The molecule has 0 fully saturated rings. The molecule has 0 bridgehead atoms. The van der Waals surface area contributed by atoms with Gasteiger partial charge >= 0.3 is 0 Å². The van der Waals surface area contributed by atoms with Crippen LogP contribution in [0, 0.1) is 0 Å². The average molecular weight is 278 g/mol. The van der Waals surface area contributed by atoms with Crippen molar-refractivity contribution in [3.8, 4) is 11.5 Å². The summed E-state index contributed by atoms with van der Waals surface area (Å²) in [5.41, 5.74) is 3.51. The maximum Gasteiger partial charge on any atom is 0.160 e. The standard InChI is InChI=1S/C18H30O2/c1-4-7-9-12-15-14(11-8-5-2)13-17(19)18(20)16(15)10-6-3/h13,19-20H,4-12H2,1-3H3.